The molecule has 1 fully saturated rings. The summed E-state index contributed by atoms with van der Waals surface area (Å²) in [5.41, 5.74) is 3.47. The summed E-state index contributed by atoms with van der Waals surface area (Å²) in [4.78, 5) is 26.7. The summed E-state index contributed by atoms with van der Waals surface area (Å²) in [5, 5.41) is 5.43. The maximum atomic E-state index is 12.7. The monoisotopic (exact) mass is 417 g/mol. The molecule has 2 amide bonds. The second-order valence-electron chi connectivity index (χ2n) is 8.63. The second kappa shape index (κ2) is 8.96. The lowest BCUT2D eigenvalue weighted by Crippen LogP contribution is -2.43. The number of hydrogen-bond acceptors (Lipinski definition) is 2. The SMILES string of the molecule is CCn1c2ccccc2c2cc(/C=C/C(=O)N3CCC(C(=O)NC(C)C)CC3)ccc21. The molecule has 31 heavy (non-hydrogen) atoms. The lowest BCUT2D eigenvalue weighted by atomic mass is 9.95. The van der Waals surface area contributed by atoms with Crippen molar-refractivity contribution in [1.82, 2.24) is 14.8 Å². The van der Waals surface area contributed by atoms with Gasteiger partial charge in [-0.2, -0.15) is 0 Å². The number of fused-ring (bicyclic) bond motifs is 3. The number of para-hydroxylation sites is 1. The Hall–Kier alpha value is -3.08. The van der Waals surface area contributed by atoms with Gasteiger partial charge in [0, 0.05) is 59.5 Å². The Kier molecular flexibility index (Phi) is 6.12. The van der Waals surface area contributed by atoms with Crippen molar-refractivity contribution in [3.8, 4) is 0 Å². The highest BCUT2D eigenvalue weighted by Gasteiger charge is 2.26. The first-order chi connectivity index (χ1) is 15.0. The smallest absolute Gasteiger partial charge is 0.246 e. The number of hydrogen-bond donors (Lipinski definition) is 1. The van der Waals surface area contributed by atoms with E-state index in [1.807, 2.05) is 24.8 Å². The van der Waals surface area contributed by atoms with Crippen molar-refractivity contribution in [2.45, 2.75) is 46.2 Å². The highest BCUT2D eigenvalue weighted by atomic mass is 16.2. The number of nitrogens with zero attached hydrogens (tertiary/aromatic N) is 2. The number of piperidine rings is 1. The number of rotatable bonds is 5. The van der Waals surface area contributed by atoms with E-state index < -0.39 is 0 Å². The van der Waals surface area contributed by atoms with E-state index in [0.717, 1.165) is 24.9 Å². The number of amides is 2. The number of aromatic nitrogens is 1. The Balaban J connectivity index is 1.46. The Morgan fingerprint density at radius 2 is 1.77 bits per heavy atom. The summed E-state index contributed by atoms with van der Waals surface area (Å²) in [6, 6.07) is 15.0. The highest BCUT2D eigenvalue weighted by molar-refractivity contribution is 6.08. The third-order valence-corrected chi connectivity index (χ3v) is 6.14. The molecule has 0 aliphatic carbocycles. The summed E-state index contributed by atoms with van der Waals surface area (Å²) >= 11 is 0. The van der Waals surface area contributed by atoms with E-state index >= 15 is 0 Å². The maximum absolute atomic E-state index is 12.7. The molecule has 2 heterocycles. The van der Waals surface area contributed by atoms with E-state index in [9.17, 15) is 9.59 Å². The Bertz CT molecular complexity index is 1130. The minimum atomic E-state index is 0.00807. The van der Waals surface area contributed by atoms with Gasteiger partial charge in [-0.25, -0.2) is 0 Å². The summed E-state index contributed by atoms with van der Waals surface area (Å²) in [6.07, 6.45) is 5.01. The zero-order chi connectivity index (χ0) is 22.0. The quantitative estimate of drug-likeness (QED) is 0.617. The van der Waals surface area contributed by atoms with Crippen LogP contribution in [0.25, 0.3) is 27.9 Å². The molecule has 0 bridgehead atoms. The summed E-state index contributed by atoms with van der Waals surface area (Å²) < 4.78 is 2.32. The molecular weight excluding hydrogens is 386 g/mol. The number of carbonyl (C=O) groups is 2. The number of aryl methyl sites for hydroxylation is 1. The molecule has 0 spiro atoms. The number of likely N-dealkylation sites (tertiary alicyclic amines) is 1. The Labute approximate surface area is 183 Å². The van der Waals surface area contributed by atoms with Gasteiger partial charge >= 0.3 is 0 Å². The molecule has 5 nitrogen and oxygen atoms in total. The minimum Gasteiger partial charge on any atom is -0.354 e. The van der Waals surface area contributed by atoms with Crippen molar-refractivity contribution in [1.29, 1.82) is 0 Å². The molecule has 0 atom stereocenters. The minimum absolute atomic E-state index is 0.00807. The van der Waals surface area contributed by atoms with Gasteiger partial charge < -0.3 is 14.8 Å². The summed E-state index contributed by atoms with van der Waals surface area (Å²) in [5.74, 6) is 0.129. The van der Waals surface area contributed by atoms with Crippen LogP contribution in [0.2, 0.25) is 0 Å². The van der Waals surface area contributed by atoms with Crippen LogP contribution in [-0.2, 0) is 16.1 Å². The molecule has 1 aromatic heterocycles. The number of carbonyl (C=O) groups excluding carboxylic acids is 2. The van der Waals surface area contributed by atoms with Crippen molar-refractivity contribution in [3.05, 3.63) is 54.1 Å². The average molecular weight is 418 g/mol. The van der Waals surface area contributed by atoms with E-state index in [-0.39, 0.29) is 23.8 Å². The standard InChI is InChI=1S/C26H31N3O2/c1-4-29-23-8-6-5-7-21(23)22-17-19(9-11-24(22)29)10-12-25(30)28-15-13-20(14-16-28)26(31)27-18(2)3/h5-12,17-18,20H,4,13-16H2,1-3H3,(H,27,31)/b12-10+. The van der Waals surface area contributed by atoms with Crippen molar-refractivity contribution >= 4 is 39.7 Å². The van der Waals surface area contributed by atoms with Crippen LogP contribution in [-0.4, -0.2) is 40.4 Å². The van der Waals surface area contributed by atoms with Gasteiger partial charge in [-0.3, -0.25) is 9.59 Å². The molecule has 0 saturated carbocycles. The van der Waals surface area contributed by atoms with Gasteiger partial charge in [0.2, 0.25) is 11.8 Å². The molecule has 0 unspecified atom stereocenters. The third-order valence-electron chi connectivity index (χ3n) is 6.14. The normalized spacial score (nSPS) is 15.4. The zero-order valence-electron chi connectivity index (χ0n) is 18.6. The number of nitrogens with one attached hydrogen (secondary N) is 1. The second-order valence-corrected chi connectivity index (χ2v) is 8.63. The lowest BCUT2D eigenvalue weighted by Gasteiger charge is -2.31. The van der Waals surface area contributed by atoms with E-state index in [4.69, 9.17) is 0 Å². The highest BCUT2D eigenvalue weighted by Crippen LogP contribution is 2.30. The first-order valence-corrected chi connectivity index (χ1v) is 11.3. The topological polar surface area (TPSA) is 54.3 Å². The molecule has 3 aromatic rings. The van der Waals surface area contributed by atoms with Crippen LogP contribution in [0.1, 0.15) is 39.2 Å². The molecule has 1 saturated heterocycles. The zero-order valence-corrected chi connectivity index (χ0v) is 18.6. The first-order valence-electron chi connectivity index (χ1n) is 11.3. The molecule has 4 rings (SSSR count). The van der Waals surface area contributed by atoms with Crippen LogP contribution in [0.15, 0.2) is 48.5 Å². The Morgan fingerprint density at radius 3 is 2.48 bits per heavy atom. The molecule has 1 aliphatic rings. The van der Waals surface area contributed by atoms with Gasteiger partial charge in [0.25, 0.3) is 0 Å². The maximum Gasteiger partial charge on any atom is 0.246 e. The van der Waals surface area contributed by atoms with Crippen LogP contribution >= 0.6 is 0 Å². The van der Waals surface area contributed by atoms with Crippen LogP contribution in [0.5, 0.6) is 0 Å². The van der Waals surface area contributed by atoms with Gasteiger partial charge in [-0.05, 0) is 63.5 Å². The van der Waals surface area contributed by atoms with Crippen LogP contribution in [0.4, 0.5) is 0 Å². The fraction of sp³-hybridized carbons (Fsp3) is 0.385. The average Bonchev–Trinajstić information content (AvgIpc) is 3.10. The predicted octanol–water partition coefficient (Wildman–Crippen LogP) is 4.59. The van der Waals surface area contributed by atoms with E-state index in [1.165, 1.54) is 21.8 Å². The molecule has 5 heteroatoms. The van der Waals surface area contributed by atoms with Crippen LogP contribution in [0.3, 0.4) is 0 Å². The lowest BCUT2D eigenvalue weighted by molar-refractivity contribution is -0.132. The molecular formula is C26H31N3O2. The molecule has 1 N–H and O–H groups in total. The molecule has 0 radical (unpaired) electrons. The van der Waals surface area contributed by atoms with Gasteiger partial charge in [-0.15, -0.1) is 0 Å². The number of benzene rings is 2. The molecule has 162 valence electrons. The van der Waals surface area contributed by atoms with Crippen LogP contribution in [0, 0.1) is 5.92 Å². The van der Waals surface area contributed by atoms with Crippen molar-refractivity contribution in [2.75, 3.05) is 13.1 Å². The van der Waals surface area contributed by atoms with E-state index in [1.54, 1.807) is 6.08 Å². The van der Waals surface area contributed by atoms with E-state index in [2.05, 4.69) is 59.3 Å². The van der Waals surface area contributed by atoms with Crippen molar-refractivity contribution in [2.24, 2.45) is 5.92 Å². The summed E-state index contributed by atoms with van der Waals surface area (Å²) in [7, 11) is 0. The molecule has 1 aliphatic heterocycles. The molecule has 2 aromatic carbocycles. The van der Waals surface area contributed by atoms with Crippen molar-refractivity contribution < 1.29 is 9.59 Å². The predicted molar refractivity (Wildman–Crippen MR) is 127 cm³/mol. The largest absolute Gasteiger partial charge is 0.354 e. The fourth-order valence-corrected chi connectivity index (χ4v) is 4.55. The third kappa shape index (κ3) is 4.36. The summed E-state index contributed by atoms with van der Waals surface area (Å²) in [6.45, 7) is 8.28. The fourth-order valence-electron chi connectivity index (χ4n) is 4.55. The first kappa shape index (κ1) is 21.2. The van der Waals surface area contributed by atoms with Crippen LogP contribution < -0.4 is 5.32 Å². The van der Waals surface area contributed by atoms with Gasteiger partial charge in [0.05, 0.1) is 0 Å². The van der Waals surface area contributed by atoms with Crippen molar-refractivity contribution in [3.63, 3.8) is 0 Å². The Morgan fingerprint density at radius 1 is 1.06 bits per heavy atom. The van der Waals surface area contributed by atoms with E-state index in [0.29, 0.717) is 13.1 Å². The van der Waals surface area contributed by atoms with Gasteiger partial charge in [0.1, 0.15) is 0 Å². The van der Waals surface area contributed by atoms with Gasteiger partial charge in [0.15, 0.2) is 0 Å². The van der Waals surface area contributed by atoms with Gasteiger partial charge in [-0.1, -0.05) is 24.3 Å².